The highest BCUT2D eigenvalue weighted by Crippen LogP contribution is 2.17. The lowest BCUT2D eigenvalue weighted by Crippen LogP contribution is -2.45. The van der Waals surface area contributed by atoms with Crippen LogP contribution in [0.2, 0.25) is 0 Å². The standard InChI is InChI=1S/C12H21N3O/c1-12(2,8-13)9-14-11(16)15-10-6-4-3-5-7-10/h10H,3-7,9H2,1-2H3,(H2,14,15,16). The van der Waals surface area contributed by atoms with Crippen LogP contribution in [0, 0.1) is 16.7 Å². The minimum atomic E-state index is -0.496. The highest BCUT2D eigenvalue weighted by Gasteiger charge is 2.19. The van der Waals surface area contributed by atoms with Crippen molar-refractivity contribution < 1.29 is 4.79 Å². The molecule has 2 amide bonds. The molecule has 0 aromatic rings. The third-order valence-corrected chi connectivity index (χ3v) is 2.93. The van der Waals surface area contributed by atoms with Gasteiger partial charge in [0.25, 0.3) is 0 Å². The molecule has 1 aliphatic rings. The first-order valence-corrected chi connectivity index (χ1v) is 5.99. The van der Waals surface area contributed by atoms with Gasteiger partial charge in [-0.15, -0.1) is 0 Å². The molecule has 0 aromatic heterocycles. The number of amides is 2. The molecular weight excluding hydrogens is 202 g/mol. The van der Waals surface area contributed by atoms with Gasteiger partial charge in [-0.2, -0.15) is 5.26 Å². The Morgan fingerprint density at radius 3 is 2.56 bits per heavy atom. The largest absolute Gasteiger partial charge is 0.337 e. The van der Waals surface area contributed by atoms with Gasteiger partial charge in [-0.25, -0.2) is 4.79 Å². The summed E-state index contributed by atoms with van der Waals surface area (Å²) in [5, 5.41) is 14.5. The predicted octanol–water partition coefficient (Wildman–Crippen LogP) is 2.17. The van der Waals surface area contributed by atoms with Gasteiger partial charge in [0.2, 0.25) is 0 Å². The van der Waals surface area contributed by atoms with Gasteiger partial charge in [0, 0.05) is 12.6 Å². The highest BCUT2D eigenvalue weighted by molar-refractivity contribution is 5.74. The second-order valence-electron chi connectivity index (χ2n) is 5.16. The topological polar surface area (TPSA) is 64.9 Å². The van der Waals surface area contributed by atoms with Crippen LogP contribution in [0.1, 0.15) is 46.0 Å². The Morgan fingerprint density at radius 2 is 2.00 bits per heavy atom. The molecule has 0 spiro atoms. The third-order valence-electron chi connectivity index (χ3n) is 2.93. The Morgan fingerprint density at radius 1 is 1.38 bits per heavy atom. The van der Waals surface area contributed by atoms with Crippen LogP contribution in [0.5, 0.6) is 0 Å². The van der Waals surface area contributed by atoms with Gasteiger partial charge in [-0.3, -0.25) is 0 Å². The molecule has 1 fully saturated rings. The molecule has 1 saturated carbocycles. The number of hydrogen-bond donors (Lipinski definition) is 2. The maximum absolute atomic E-state index is 11.5. The van der Waals surface area contributed by atoms with Crippen LogP contribution in [-0.2, 0) is 0 Å². The van der Waals surface area contributed by atoms with Crippen molar-refractivity contribution in [3.8, 4) is 6.07 Å². The van der Waals surface area contributed by atoms with E-state index in [1.165, 1.54) is 19.3 Å². The molecule has 0 heterocycles. The number of hydrogen-bond acceptors (Lipinski definition) is 2. The SMILES string of the molecule is CC(C)(C#N)CNC(=O)NC1CCCCC1. The summed E-state index contributed by atoms with van der Waals surface area (Å²) in [5.41, 5.74) is -0.496. The summed E-state index contributed by atoms with van der Waals surface area (Å²) in [6, 6.07) is 2.33. The average molecular weight is 223 g/mol. The van der Waals surface area contributed by atoms with E-state index in [1.54, 1.807) is 0 Å². The third kappa shape index (κ3) is 4.52. The summed E-state index contributed by atoms with van der Waals surface area (Å²) in [4.78, 5) is 11.5. The molecule has 0 atom stereocenters. The molecule has 0 bridgehead atoms. The van der Waals surface area contributed by atoms with Gasteiger partial charge >= 0.3 is 6.03 Å². The lowest BCUT2D eigenvalue weighted by Gasteiger charge is -2.24. The fourth-order valence-corrected chi connectivity index (χ4v) is 1.82. The van der Waals surface area contributed by atoms with E-state index in [0.717, 1.165) is 12.8 Å². The maximum Gasteiger partial charge on any atom is 0.315 e. The number of urea groups is 1. The molecule has 1 rings (SSSR count). The van der Waals surface area contributed by atoms with Crippen LogP contribution in [0.4, 0.5) is 4.79 Å². The first-order chi connectivity index (χ1) is 7.53. The predicted molar refractivity (Wildman–Crippen MR) is 62.8 cm³/mol. The molecule has 16 heavy (non-hydrogen) atoms. The quantitative estimate of drug-likeness (QED) is 0.770. The molecule has 0 aliphatic heterocycles. The van der Waals surface area contributed by atoms with Crippen molar-refractivity contribution >= 4 is 6.03 Å². The van der Waals surface area contributed by atoms with E-state index in [4.69, 9.17) is 5.26 Å². The molecule has 2 N–H and O–H groups in total. The summed E-state index contributed by atoms with van der Waals surface area (Å²) in [7, 11) is 0. The van der Waals surface area contributed by atoms with Crippen molar-refractivity contribution in [3.05, 3.63) is 0 Å². The van der Waals surface area contributed by atoms with Gasteiger partial charge in [0.1, 0.15) is 0 Å². The van der Waals surface area contributed by atoms with E-state index in [2.05, 4.69) is 16.7 Å². The van der Waals surface area contributed by atoms with Gasteiger partial charge < -0.3 is 10.6 Å². The smallest absolute Gasteiger partial charge is 0.315 e. The molecule has 0 saturated heterocycles. The Balaban J connectivity index is 2.23. The molecule has 0 unspecified atom stereocenters. The second kappa shape index (κ2) is 5.74. The van der Waals surface area contributed by atoms with Crippen molar-refractivity contribution in [1.29, 1.82) is 5.26 Å². The van der Waals surface area contributed by atoms with E-state index in [9.17, 15) is 4.79 Å². The minimum absolute atomic E-state index is 0.143. The van der Waals surface area contributed by atoms with Crippen LogP contribution < -0.4 is 10.6 Å². The minimum Gasteiger partial charge on any atom is -0.337 e. The number of rotatable bonds is 3. The molecule has 4 heteroatoms. The second-order valence-corrected chi connectivity index (χ2v) is 5.16. The normalized spacial score (nSPS) is 17.6. The van der Waals surface area contributed by atoms with E-state index in [1.807, 2.05) is 13.8 Å². The van der Waals surface area contributed by atoms with Crippen molar-refractivity contribution in [1.82, 2.24) is 10.6 Å². The summed E-state index contributed by atoms with van der Waals surface area (Å²) >= 11 is 0. The van der Waals surface area contributed by atoms with Crippen molar-refractivity contribution in [2.24, 2.45) is 5.41 Å². The van der Waals surface area contributed by atoms with E-state index >= 15 is 0 Å². The van der Waals surface area contributed by atoms with Crippen molar-refractivity contribution in [2.75, 3.05) is 6.54 Å². The number of nitriles is 1. The summed E-state index contributed by atoms with van der Waals surface area (Å²) in [6.45, 7) is 4.02. The fraction of sp³-hybridized carbons (Fsp3) is 0.833. The first kappa shape index (κ1) is 12.8. The Hall–Kier alpha value is -1.24. The van der Waals surface area contributed by atoms with Crippen LogP contribution in [-0.4, -0.2) is 18.6 Å². The lowest BCUT2D eigenvalue weighted by atomic mass is 9.95. The molecule has 0 radical (unpaired) electrons. The highest BCUT2D eigenvalue weighted by atomic mass is 16.2. The van der Waals surface area contributed by atoms with Crippen molar-refractivity contribution in [3.63, 3.8) is 0 Å². The summed E-state index contributed by atoms with van der Waals surface area (Å²) < 4.78 is 0. The van der Waals surface area contributed by atoms with Gasteiger partial charge in [0.05, 0.1) is 11.5 Å². The zero-order chi connectivity index (χ0) is 12.0. The van der Waals surface area contributed by atoms with Gasteiger partial charge in [-0.05, 0) is 26.7 Å². The number of carbonyl (C=O) groups excluding carboxylic acids is 1. The number of carbonyl (C=O) groups is 1. The average Bonchev–Trinajstić information content (AvgIpc) is 2.28. The molecular formula is C12H21N3O. The Kier molecular flexibility index (Phi) is 4.60. The van der Waals surface area contributed by atoms with E-state index in [0.29, 0.717) is 12.6 Å². The first-order valence-electron chi connectivity index (χ1n) is 5.99. The summed E-state index contributed by atoms with van der Waals surface area (Å²) in [6.07, 6.45) is 5.84. The monoisotopic (exact) mass is 223 g/mol. The van der Waals surface area contributed by atoms with Crippen LogP contribution in [0.15, 0.2) is 0 Å². The van der Waals surface area contributed by atoms with Gasteiger partial charge in [-0.1, -0.05) is 19.3 Å². The maximum atomic E-state index is 11.5. The van der Waals surface area contributed by atoms with Gasteiger partial charge in [0.15, 0.2) is 0 Å². The summed E-state index contributed by atoms with van der Waals surface area (Å²) in [5.74, 6) is 0. The zero-order valence-electron chi connectivity index (χ0n) is 10.2. The molecule has 4 nitrogen and oxygen atoms in total. The number of nitrogens with zero attached hydrogens (tertiary/aromatic N) is 1. The molecule has 1 aliphatic carbocycles. The van der Waals surface area contributed by atoms with Crippen LogP contribution >= 0.6 is 0 Å². The van der Waals surface area contributed by atoms with E-state index < -0.39 is 5.41 Å². The van der Waals surface area contributed by atoms with Crippen LogP contribution in [0.25, 0.3) is 0 Å². The Bertz CT molecular complexity index is 274. The lowest BCUT2D eigenvalue weighted by molar-refractivity contribution is 0.229. The number of nitrogens with one attached hydrogen (secondary N) is 2. The van der Waals surface area contributed by atoms with E-state index in [-0.39, 0.29) is 6.03 Å². The van der Waals surface area contributed by atoms with Crippen molar-refractivity contribution in [2.45, 2.75) is 52.0 Å². The van der Waals surface area contributed by atoms with Crippen LogP contribution in [0.3, 0.4) is 0 Å². The molecule has 90 valence electrons. The zero-order valence-corrected chi connectivity index (χ0v) is 10.2. The fourth-order valence-electron chi connectivity index (χ4n) is 1.82. The Labute approximate surface area is 97.4 Å². The molecule has 0 aromatic carbocycles.